The van der Waals surface area contributed by atoms with Crippen molar-refractivity contribution in [3.05, 3.63) is 28.2 Å². The third-order valence-corrected chi connectivity index (χ3v) is 4.32. The van der Waals surface area contributed by atoms with Crippen molar-refractivity contribution in [3.8, 4) is 0 Å². The minimum absolute atomic E-state index is 0.846. The number of nitrogen functional groups attached to an aromatic ring is 1. The summed E-state index contributed by atoms with van der Waals surface area (Å²) in [6.07, 6.45) is 9.56. The molecule has 1 aromatic carbocycles. The van der Waals surface area contributed by atoms with Crippen molar-refractivity contribution in [2.45, 2.75) is 44.9 Å². The van der Waals surface area contributed by atoms with E-state index in [1.54, 1.807) is 0 Å². The molecule has 0 unspecified atom stereocenters. The van der Waals surface area contributed by atoms with E-state index in [2.05, 4.69) is 28.1 Å². The molecule has 2 N–H and O–H groups in total. The maximum Gasteiger partial charge on any atom is 0.0491 e. The maximum atomic E-state index is 6.09. The van der Waals surface area contributed by atoms with Crippen molar-refractivity contribution >= 4 is 21.6 Å². The van der Waals surface area contributed by atoms with Crippen LogP contribution in [0.25, 0.3) is 0 Å². The molecule has 0 amide bonds. The summed E-state index contributed by atoms with van der Waals surface area (Å²) in [5.74, 6) is 0.846. The van der Waals surface area contributed by atoms with E-state index in [0.29, 0.717) is 0 Å². The highest BCUT2D eigenvalue weighted by molar-refractivity contribution is 9.10. The first kappa shape index (κ1) is 12.0. The Morgan fingerprint density at radius 2 is 1.81 bits per heavy atom. The second-order valence-corrected chi connectivity index (χ2v) is 5.73. The molecule has 16 heavy (non-hydrogen) atoms. The fourth-order valence-electron chi connectivity index (χ4n) is 2.64. The van der Waals surface area contributed by atoms with Crippen LogP contribution in [0.2, 0.25) is 0 Å². The predicted molar refractivity (Wildman–Crippen MR) is 73.5 cm³/mol. The maximum absolute atomic E-state index is 6.09. The van der Waals surface area contributed by atoms with Gasteiger partial charge in [0.1, 0.15) is 0 Å². The molecule has 0 aromatic heterocycles. The quantitative estimate of drug-likeness (QED) is 0.625. The van der Waals surface area contributed by atoms with Crippen molar-refractivity contribution in [2.75, 3.05) is 5.73 Å². The summed E-state index contributed by atoms with van der Waals surface area (Å²) in [5, 5.41) is 0. The van der Waals surface area contributed by atoms with Crippen LogP contribution in [0.3, 0.4) is 0 Å². The van der Waals surface area contributed by atoms with Gasteiger partial charge in [0.25, 0.3) is 0 Å². The van der Waals surface area contributed by atoms with Gasteiger partial charge in [0.2, 0.25) is 0 Å². The number of nitrogens with two attached hydrogens (primary N) is 1. The van der Waals surface area contributed by atoms with Crippen LogP contribution in [0.1, 0.15) is 44.1 Å². The molecular formula is C14H20BrN. The molecule has 2 heteroatoms. The molecule has 0 bridgehead atoms. The third-order valence-electron chi connectivity index (χ3n) is 3.63. The van der Waals surface area contributed by atoms with Gasteiger partial charge in [0.15, 0.2) is 0 Å². The second kappa shape index (κ2) is 5.72. The van der Waals surface area contributed by atoms with Crippen molar-refractivity contribution in [1.82, 2.24) is 0 Å². The van der Waals surface area contributed by atoms with Crippen molar-refractivity contribution in [3.63, 3.8) is 0 Å². The molecule has 0 heterocycles. The highest BCUT2D eigenvalue weighted by Crippen LogP contribution is 2.30. The number of anilines is 1. The zero-order chi connectivity index (χ0) is 11.4. The van der Waals surface area contributed by atoms with Crippen LogP contribution in [-0.4, -0.2) is 0 Å². The topological polar surface area (TPSA) is 26.0 Å². The molecule has 0 saturated heterocycles. The number of benzene rings is 1. The van der Waals surface area contributed by atoms with E-state index < -0.39 is 0 Å². The third kappa shape index (κ3) is 3.00. The summed E-state index contributed by atoms with van der Waals surface area (Å²) in [6.45, 7) is 0. The van der Waals surface area contributed by atoms with Crippen LogP contribution < -0.4 is 5.73 Å². The molecule has 1 fully saturated rings. The zero-order valence-electron chi connectivity index (χ0n) is 9.71. The van der Waals surface area contributed by atoms with Gasteiger partial charge in [-0.05, 0) is 39.9 Å². The van der Waals surface area contributed by atoms with Crippen LogP contribution in [-0.2, 0) is 6.42 Å². The van der Waals surface area contributed by atoms with Crippen LogP contribution in [0.5, 0.6) is 0 Å². The SMILES string of the molecule is Nc1c(Br)cccc1CC1CCCCCC1. The molecule has 0 aliphatic heterocycles. The Kier molecular flexibility index (Phi) is 4.28. The standard InChI is InChI=1S/C14H20BrN/c15-13-9-5-8-12(14(13)16)10-11-6-3-1-2-4-7-11/h5,8-9,11H,1-4,6-7,10,16H2. The molecular weight excluding hydrogens is 262 g/mol. The van der Waals surface area contributed by atoms with Gasteiger partial charge >= 0.3 is 0 Å². The molecule has 0 radical (unpaired) electrons. The lowest BCUT2D eigenvalue weighted by Crippen LogP contribution is -2.05. The van der Waals surface area contributed by atoms with Crippen LogP contribution in [0, 0.1) is 5.92 Å². The van der Waals surface area contributed by atoms with Gasteiger partial charge in [-0.3, -0.25) is 0 Å². The first-order valence-corrected chi connectivity index (χ1v) is 7.09. The molecule has 0 spiro atoms. The van der Waals surface area contributed by atoms with Crippen LogP contribution in [0.15, 0.2) is 22.7 Å². The summed E-state index contributed by atoms with van der Waals surface area (Å²) in [7, 11) is 0. The Morgan fingerprint density at radius 3 is 2.50 bits per heavy atom. The molecule has 0 atom stereocenters. The predicted octanol–water partition coefficient (Wildman–Crippen LogP) is 4.54. The number of rotatable bonds is 2. The average molecular weight is 282 g/mol. The smallest absolute Gasteiger partial charge is 0.0491 e. The Hall–Kier alpha value is -0.500. The highest BCUT2D eigenvalue weighted by atomic mass is 79.9. The minimum Gasteiger partial charge on any atom is -0.398 e. The molecule has 1 saturated carbocycles. The number of para-hydroxylation sites is 1. The molecule has 1 nitrogen and oxygen atoms in total. The van der Waals surface area contributed by atoms with Gasteiger partial charge in [-0.25, -0.2) is 0 Å². The average Bonchev–Trinajstić information content (AvgIpc) is 2.53. The number of halogens is 1. The molecule has 1 aromatic rings. The van der Waals surface area contributed by atoms with E-state index in [4.69, 9.17) is 5.73 Å². The lowest BCUT2D eigenvalue weighted by atomic mass is 9.92. The first-order chi connectivity index (χ1) is 7.77. The van der Waals surface area contributed by atoms with E-state index in [0.717, 1.165) is 22.5 Å². The first-order valence-electron chi connectivity index (χ1n) is 6.30. The van der Waals surface area contributed by atoms with E-state index in [-0.39, 0.29) is 0 Å². The fourth-order valence-corrected chi connectivity index (χ4v) is 3.05. The van der Waals surface area contributed by atoms with Gasteiger partial charge in [-0.1, -0.05) is 50.7 Å². The van der Waals surface area contributed by atoms with Gasteiger partial charge in [0, 0.05) is 10.2 Å². The minimum atomic E-state index is 0.846. The second-order valence-electron chi connectivity index (χ2n) is 4.87. The van der Waals surface area contributed by atoms with Gasteiger partial charge in [0.05, 0.1) is 0 Å². The Morgan fingerprint density at radius 1 is 1.12 bits per heavy atom. The summed E-state index contributed by atoms with van der Waals surface area (Å²) in [5.41, 5.74) is 8.35. The summed E-state index contributed by atoms with van der Waals surface area (Å²) in [6, 6.07) is 6.28. The normalized spacial score (nSPS) is 18.3. The summed E-state index contributed by atoms with van der Waals surface area (Å²) >= 11 is 3.50. The Labute approximate surface area is 107 Å². The molecule has 2 rings (SSSR count). The molecule has 1 aliphatic carbocycles. The van der Waals surface area contributed by atoms with Crippen molar-refractivity contribution < 1.29 is 0 Å². The largest absolute Gasteiger partial charge is 0.398 e. The van der Waals surface area contributed by atoms with Gasteiger partial charge in [-0.2, -0.15) is 0 Å². The van der Waals surface area contributed by atoms with E-state index in [1.807, 2.05) is 6.07 Å². The van der Waals surface area contributed by atoms with Crippen molar-refractivity contribution in [2.24, 2.45) is 5.92 Å². The Bertz CT molecular complexity index is 341. The van der Waals surface area contributed by atoms with E-state index in [9.17, 15) is 0 Å². The van der Waals surface area contributed by atoms with E-state index in [1.165, 1.54) is 44.1 Å². The lowest BCUT2D eigenvalue weighted by Gasteiger charge is -2.15. The van der Waals surface area contributed by atoms with Crippen LogP contribution >= 0.6 is 15.9 Å². The molecule has 1 aliphatic rings. The van der Waals surface area contributed by atoms with Gasteiger partial charge < -0.3 is 5.73 Å². The van der Waals surface area contributed by atoms with E-state index >= 15 is 0 Å². The fraction of sp³-hybridized carbons (Fsp3) is 0.571. The number of hydrogen-bond donors (Lipinski definition) is 1. The lowest BCUT2D eigenvalue weighted by molar-refractivity contribution is 0.458. The monoisotopic (exact) mass is 281 g/mol. The van der Waals surface area contributed by atoms with Crippen molar-refractivity contribution in [1.29, 1.82) is 0 Å². The zero-order valence-corrected chi connectivity index (χ0v) is 11.3. The Balaban J connectivity index is 2.04. The highest BCUT2D eigenvalue weighted by Gasteiger charge is 2.14. The summed E-state index contributed by atoms with van der Waals surface area (Å²) < 4.78 is 1.04. The number of hydrogen-bond acceptors (Lipinski definition) is 1. The van der Waals surface area contributed by atoms with Gasteiger partial charge in [-0.15, -0.1) is 0 Å². The molecule has 88 valence electrons. The van der Waals surface area contributed by atoms with Crippen LogP contribution in [0.4, 0.5) is 5.69 Å². The summed E-state index contributed by atoms with van der Waals surface area (Å²) in [4.78, 5) is 0.